The van der Waals surface area contributed by atoms with Gasteiger partial charge in [-0.1, -0.05) is 182 Å². The quantitative estimate of drug-likeness (QED) is 0.165. The zero-order chi connectivity index (χ0) is 40.1. The van der Waals surface area contributed by atoms with Crippen molar-refractivity contribution in [1.29, 1.82) is 0 Å². The van der Waals surface area contributed by atoms with Gasteiger partial charge in [-0.25, -0.2) is 0 Å². The SMILES string of the molecule is c1ccc(-n2c3ccc(-c4ccc5c(c4)c4ccccc4n5-c4cccc5ccccc45)cc3c3ccc4c(c32)C(c2ccccc2)(c2ccccc2)c2ccccc2-4)cc1. The van der Waals surface area contributed by atoms with Gasteiger partial charge in [0.15, 0.2) is 0 Å². The van der Waals surface area contributed by atoms with Crippen LogP contribution < -0.4 is 0 Å². The molecule has 0 saturated heterocycles. The lowest BCUT2D eigenvalue weighted by Crippen LogP contribution is -2.29. The first-order valence-electron chi connectivity index (χ1n) is 21.2. The standard InChI is InChI=1S/C59H38N2/c1-4-19-42(20-5-1)59(43-21-6-2-7-22-43)52-28-14-12-26-46(52)48-33-34-49-51-38-41(31-35-55(51)60(58(49)57(48)59)44-23-8-3-9-24-44)40-32-36-56-50(37-40)47-27-13-15-29-54(47)61(56)53-30-16-18-39-17-10-11-25-45(39)53/h1-38H. The molecule has 0 saturated carbocycles. The van der Waals surface area contributed by atoms with Crippen LogP contribution in [-0.4, -0.2) is 9.13 Å². The van der Waals surface area contributed by atoms with Crippen molar-refractivity contribution in [3.63, 3.8) is 0 Å². The Bertz CT molecular complexity index is 3640. The number of aromatic nitrogens is 2. The molecule has 0 bridgehead atoms. The summed E-state index contributed by atoms with van der Waals surface area (Å²) in [6, 6.07) is 85.3. The van der Waals surface area contributed by atoms with Crippen molar-refractivity contribution in [2.24, 2.45) is 0 Å². The molecule has 0 amide bonds. The maximum Gasteiger partial charge on any atom is 0.0734 e. The molecule has 12 aromatic rings. The molecule has 2 nitrogen and oxygen atoms in total. The van der Waals surface area contributed by atoms with Crippen LogP contribution in [0.4, 0.5) is 0 Å². The summed E-state index contributed by atoms with van der Waals surface area (Å²) >= 11 is 0. The zero-order valence-electron chi connectivity index (χ0n) is 33.3. The number of rotatable bonds is 5. The lowest BCUT2D eigenvalue weighted by Gasteiger charge is -2.34. The summed E-state index contributed by atoms with van der Waals surface area (Å²) in [5, 5.41) is 7.47. The number of nitrogens with zero attached hydrogens (tertiary/aromatic N) is 2. The van der Waals surface area contributed by atoms with Crippen LogP contribution in [0.3, 0.4) is 0 Å². The van der Waals surface area contributed by atoms with Crippen LogP contribution in [0.15, 0.2) is 231 Å². The molecule has 0 fully saturated rings. The molecule has 0 atom stereocenters. The van der Waals surface area contributed by atoms with Gasteiger partial charge >= 0.3 is 0 Å². The minimum absolute atomic E-state index is 0.541. The lowest BCUT2D eigenvalue weighted by atomic mass is 9.67. The maximum absolute atomic E-state index is 2.53. The van der Waals surface area contributed by atoms with E-state index < -0.39 is 5.41 Å². The third kappa shape index (κ3) is 4.73. The lowest BCUT2D eigenvalue weighted by molar-refractivity contribution is 0.772. The molecule has 13 rings (SSSR count). The van der Waals surface area contributed by atoms with Crippen molar-refractivity contribution in [2.75, 3.05) is 0 Å². The van der Waals surface area contributed by atoms with E-state index in [1.807, 2.05) is 0 Å². The van der Waals surface area contributed by atoms with Crippen molar-refractivity contribution >= 4 is 54.4 Å². The number of para-hydroxylation sites is 2. The second-order valence-corrected chi connectivity index (χ2v) is 16.4. The van der Waals surface area contributed by atoms with E-state index >= 15 is 0 Å². The zero-order valence-corrected chi connectivity index (χ0v) is 33.3. The minimum atomic E-state index is -0.541. The molecule has 0 spiro atoms. The van der Waals surface area contributed by atoms with E-state index in [0.717, 1.165) is 5.69 Å². The molecule has 2 aromatic heterocycles. The van der Waals surface area contributed by atoms with Crippen LogP contribution in [0, 0.1) is 0 Å². The van der Waals surface area contributed by atoms with Crippen LogP contribution >= 0.6 is 0 Å². The van der Waals surface area contributed by atoms with Gasteiger partial charge < -0.3 is 9.13 Å². The van der Waals surface area contributed by atoms with E-state index in [1.54, 1.807) is 0 Å². The molecule has 61 heavy (non-hydrogen) atoms. The van der Waals surface area contributed by atoms with Gasteiger partial charge in [0.1, 0.15) is 0 Å². The predicted molar refractivity (Wildman–Crippen MR) is 255 cm³/mol. The monoisotopic (exact) mass is 774 g/mol. The summed E-state index contributed by atoms with van der Waals surface area (Å²) in [5.41, 5.74) is 16.8. The summed E-state index contributed by atoms with van der Waals surface area (Å²) in [6.07, 6.45) is 0. The molecule has 2 heteroatoms. The van der Waals surface area contributed by atoms with Crippen molar-refractivity contribution in [1.82, 2.24) is 9.13 Å². The Kier molecular flexibility index (Phi) is 7.26. The molecule has 2 heterocycles. The van der Waals surface area contributed by atoms with Crippen molar-refractivity contribution in [2.45, 2.75) is 5.41 Å². The first-order valence-corrected chi connectivity index (χ1v) is 21.2. The van der Waals surface area contributed by atoms with Crippen LogP contribution in [0.5, 0.6) is 0 Å². The molecule has 1 aliphatic rings. The van der Waals surface area contributed by atoms with Gasteiger partial charge in [-0.3, -0.25) is 0 Å². The van der Waals surface area contributed by atoms with Gasteiger partial charge in [-0.15, -0.1) is 0 Å². The maximum atomic E-state index is 2.53. The molecule has 10 aromatic carbocycles. The van der Waals surface area contributed by atoms with Crippen molar-refractivity contribution in [3.05, 3.63) is 253 Å². The van der Waals surface area contributed by atoms with Gasteiger partial charge in [0.2, 0.25) is 0 Å². The predicted octanol–water partition coefficient (Wildman–Crippen LogP) is 15.1. The average Bonchev–Trinajstić information content (AvgIpc) is 3.96. The molecular formula is C59H38N2. The number of fused-ring (bicyclic) bond motifs is 11. The largest absolute Gasteiger partial charge is 0.309 e. The smallest absolute Gasteiger partial charge is 0.0734 e. The van der Waals surface area contributed by atoms with Gasteiger partial charge in [0.05, 0.1) is 33.2 Å². The number of hydrogen-bond acceptors (Lipinski definition) is 0. The Labute approximate surface area is 353 Å². The normalized spacial score (nSPS) is 13.0. The van der Waals surface area contributed by atoms with Crippen LogP contribution in [0.2, 0.25) is 0 Å². The first kappa shape index (κ1) is 34.0. The van der Waals surface area contributed by atoms with E-state index in [0.29, 0.717) is 0 Å². The highest BCUT2D eigenvalue weighted by Gasteiger charge is 2.48. The highest BCUT2D eigenvalue weighted by atomic mass is 15.0. The third-order valence-electron chi connectivity index (χ3n) is 13.4. The van der Waals surface area contributed by atoms with E-state index in [4.69, 9.17) is 0 Å². The minimum Gasteiger partial charge on any atom is -0.309 e. The Morgan fingerprint density at radius 2 is 0.885 bits per heavy atom. The molecule has 0 unspecified atom stereocenters. The second-order valence-electron chi connectivity index (χ2n) is 16.4. The third-order valence-corrected chi connectivity index (χ3v) is 13.4. The Morgan fingerprint density at radius 1 is 0.328 bits per heavy atom. The molecule has 0 N–H and O–H groups in total. The molecule has 1 aliphatic carbocycles. The average molecular weight is 775 g/mol. The van der Waals surface area contributed by atoms with Crippen molar-refractivity contribution < 1.29 is 0 Å². The number of hydrogen-bond donors (Lipinski definition) is 0. The van der Waals surface area contributed by atoms with E-state index in [-0.39, 0.29) is 0 Å². The molecule has 0 radical (unpaired) electrons. The Hall–Kier alpha value is -7.94. The summed E-state index contributed by atoms with van der Waals surface area (Å²) in [4.78, 5) is 0. The van der Waals surface area contributed by atoms with Crippen LogP contribution in [-0.2, 0) is 5.41 Å². The topological polar surface area (TPSA) is 9.86 Å². The highest BCUT2D eigenvalue weighted by Crippen LogP contribution is 2.59. The van der Waals surface area contributed by atoms with Gasteiger partial charge in [0.25, 0.3) is 0 Å². The van der Waals surface area contributed by atoms with Gasteiger partial charge in [-0.2, -0.15) is 0 Å². The van der Waals surface area contributed by atoms with Crippen LogP contribution in [0.25, 0.3) is 88.0 Å². The van der Waals surface area contributed by atoms with Crippen molar-refractivity contribution in [3.8, 4) is 33.6 Å². The summed E-state index contributed by atoms with van der Waals surface area (Å²) in [7, 11) is 0. The Morgan fingerprint density at radius 3 is 1.62 bits per heavy atom. The molecule has 0 aliphatic heterocycles. The summed E-state index contributed by atoms with van der Waals surface area (Å²) in [6.45, 7) is 0. The first-order chi connectivity index (χ1) is 30.3. The summed E-state index contributed by atoms with van der Waals surface area (Å²) in [5.74, 6) is 0. The molecule has 284 valence electrons. The highest BCUT2D eigenvalue weighted by molar-refractivity contribution is 6.16. The fourth-order valence-electron chi connectivity index (χ4n) is 10.9. The van der Waals surface area contributed by atoms with Gasteiger partial charge in [-0.05, 0) is 92.9 Å². The fraction of sp³-hybridized carbons (Fsp3) is 0.0169. The number of benzene rings is 10. The Balaban J connectivity index is 1.10. The van der Waals surface area contributed by atoms with Crippen LogP contribution in [0.1, 0.15) is 22.3 Å². The van der Waals surface area contributed by atoms with E-state index in [1.165, 1.54) is 105 Å². The van der Waals surface area contributed by atoms with E-state index in [2.05, 4.69) is 240 Å². The fourth-order valence-corrected chi connectivity index (χ4v) is 10.9. The second kappa shape index (κ2) is 13.0. The van der Waals surface area contributed by atoms with E-state index in [9.17, 15) is 0 Å². The molecular weight excluding hydrogens is 737 g/mol. The van der Waals surface area contributed by atoms with Gasteiger partial charge in [0, 0.05) is 38.2 Å². The summed E-state index contributed by atoms with van der Waals surface area (Å²) < 4.78 is 4.97.